The van der Waals surface area contributed by atoms with E-state index in [1.54, 1.807) is 0 Å². The monoisotopic (exact) mass is 1030 g/mol. The van der Waals surface area contributed by atoms with Crippen molar-refractivity contribution in [1.82, 2.24) is 0 Å². The minimum Gasteiger partial charge on any atom is -0.456 e. The van der Waals surface area contributed by atoms with Crippen LogP contribution in [0.15, 0.2) is 297 Å². The van der Waals surface area contributed by atoms with Crippen LogP contribution in [0, 0.1) is 0 Å². The fourth-order valence-corrected chi connectivity index (χ4v) is 11.6. The summed E-state index contributed by atoms with van der Waals surface area (Å²) in [5.74, 6) is 1.56. The molecule has 80 heavy (non-hydrogen) atoms. The largest absolute Gasteiger partial charge is 0.456 e. The van der Waals surface area contributed by atoms with E-state index in [1.165, 1.54) is 22.3 Å². The van der Waals surface area contributed by atoms with Crippen LogP contribution >= 0.6 is 0 Å². The first-order valence-electron chi connectivity index (χ1n) is 26.9. The van der Waals surface area contributed by atoms with Gasteiger partial charge in [0.15, 0.2) is 0 Å². The second-order valence-electron chi connectivity index (χ2n) is 20.5. The van der Waals surface area contributed by atoms with Crippen molar-refractivity contribution >= 4 is 111 Å². The average Bonchev–Trinajstić information content (AvgIpc) is 4.34. The fraction of sp³-hybridized carbons (Fsp3) is 0. The number of nitrogens with zero attached hydrogens (tertiary/aromatic N) is 2. The Hall–Kier alpha value is -10.8. The molecule has 0 amide bonds. The lowest BCUT2D eigenvalue weighted by molar-refractivity contribution is 0.630. The lowest BCUT2D eigenvalue weighted by Gasteiger charge is -2.25. The Kier molecular flexibility index (Phi) is 10.5. The third kappa shape index (κ3) is 7.88. The molecule has 0 bridgehead atoms. The van der Waals surface area contributed by atoms with Gasteiger partial charge in [0.25, 0.3) is 0 Å². The second kappa shape index (κ2) is 18.4. The van der Waals surface area contributed by atoms with Gasteiger partial charge in [-0.25, -0.2) is 0 Å². The van der Waals surface area contributed by atoms with Gasteiger partial charge < -0.3 is 27.5 Å². The van der Waals surface area contributed by atoms with E-state index in [9.17, 15) is 0 Å². The van der Waals surface area contributed by atoms with Crippen LogP contribution in [0.2, 0.25) is 0 Å². The highest BCUT2D eigenvalue weighted by Gasteiger charge is 2.20. The molecule has 4 heterocycles. The average molecular weight is 1030 g/mol. The lowest BCUT2D eigenvalue weighted by Crippen LogP contribution is -2.09. The van der Waals surface area contributed by atoms with Gasteiger partial charge in [0, 0.05) is 89.7 Å². The normalized spacial score (nSPS) is 11.8. The van der Waals surface area contributed by atoms with E-state index in [2.05, 4.69) is 265 Å². The molecule has 6 heteroatoms. The third-order valence-electron chi connectivity index (χ3n) is 15.6. The maximum absolute atomic E-state index is 6.66. The van der Waals surface area contributed by atoms with Crippen molar-refractivity contribution < 1.29 is 17.7 Å². The Morgan fingerprint density at radius 1 is 0.188 bits per heavy atom. The number of para-hydroxylation sites is 2. The van der Waals surface area contributed by atoms with Crippen LogP contribution in [0.3, 0.4) is 0 Å². The number of hydrogen-bond donors (Lipinski definition) is 0. The Balaban J connectivity index is 0.687. The molecule has 12 aromatic carbocycles. The first kappa shape index (κ1) is 45.4. The molecule has 0 saturated carbocycles. The van der Waals surface area contributed by atoms with Crippen molar-refractivity contribution in [2.75, 3.05) is 9.80 Å². The molecule has 0 radical (unpaired) electrons. The highest BCUT2D eigenvalue weighted by atomic mass is 16.3. The Morgan fingerprint density at radius 2 is 0.525 bits per heavy atom. The molecule has 0 unspecified atom stereocenters. The molecule has 0 spiro atoms. The summed E-state index contributed by atoms with van der Waals surface area (Å²) in [5, 5.41) is 8.37. The van der Waals surface area contributed by atoms with Crippen LogP contribution in [-0.4, -0.2) is 0 Å². The van der Waals surface area contributed by atoms with E-state index in [4.69, 9.17) is 17.7 Å². The highest BCUT2D eigenvalue weighted by Crippen LogP contribution is 2.44. The molecule has 0 N–H and O–H groups in total. The second-order valence-corrected chi connectivity index (χ2v) is 20.5. The molecular formula is C74H46N2O4. The van der Waals surface area contributed by atoms with Crippen LogP contribution in [-0.2, 0) is 0 Å². The maximum atomic E-state index is 6.66. The predicted molar refractivity (Wildman–Crippen MR) is 329 cm³/mol. The van der Waals surface area contributed by atoms with Crippen molar-refractivity contribution in [2.45, 2.75) is 0 Å². The number of anilines is 6. The van der Waals surface area contributed by atoms with Crippen molar-refractivity contribution in [3.63, 3.8) is 0 Å². The van der Waals surface area contributed by atoms with Gasteiger partial charge in [-0.15, -0.1) is 0 Å². The molecule has 4 aromatic heterocycles. The molecule has 376 valence electrons. The summed E-state index contributed by atoms with van der Waals surface area (Å²) in [6.45, 7) is 0. The summed E-state index contributed by atoms with van der Waals surface area (Å²) >= 11 is 0. The van der Waals surface area contributed by atoms with E-state index in [0.717, 1.165) is 133 Å². The SMILES string of the molecule is c1ccc(-c2ccc(N(c3ccccc3)c3ccc4cc(-c5ccc6c(c5)oc5cc7cc8c(cc7cc56)oc5cc(-c6cc7ccc(N(c9ccccc9)c9ccc(-c%10ccccc%10)cc9)cc7o6)ccc58)oc4c3)cc2)cc1. The Labute approximate surface area is 459 Å². The van der Waals surface area contributed by atoms with E-state index in [-0.39, 0.29) is 0 Å². The van der Waals surface area contributed by atoms with Crippen molar-refractivity contribution in [3.05, 3.63) is 279 Å². The topological polar surface area (TPSA) is 59.0 Å². The summed E-state index contributed by atoms with van der Waals surface area (Å²) in [6, 6.07) is 97.8. The first-order valence-corrected chi connectivity index (χ1v) is 26.9. The van der Waals surface area contributed by atoms with Gasteiger partial charge in [0.1, 0.15) is 45.0 Å². The minimum absolute atomic E-state index is 0.778. The Morgan fingerprint density at radius 3 is 0.938 bits per heavy atom. The van der Waals surface area contributed by atoms with Crippen LogP contribution in [0.4, 0.5) is 34.1 Å². The standard InChI is InChI=1S/C74H46N2O4/c1-5-13-47(14-6-1)49-21-29-59(30-22-49)75(57-17-9-3-10-18-57)61-33-25-51-39-67(77-69(51)45-61)53-27-35-63-65-37-55-44-74-66(38-56(55)43-73(65)79-71(63)41-53)64-36-28-54(42-72(64)80-74)68-40-52-26-34-62(46-70(52)78-68)76(58-19-11-4-12-20-58)60-31-23-50(24-32-60)48-15-7-2-8-16-48/h1-46H. The fourth-order valence-electron chi connectivity index (χ4n) is 11.6. The summed E-state index contributed by atoms with van der Waals surface area (Å²) in [4.78, 5) is 4.53. The van der Waals surface area contributed by atoms with E-state index in [0.29, 0.717) is 0 Å². The molecule has 0 aliphatic rings. The number of fused-ring (bicyclic) bond motifs is 9. The summed E-state index contributed by atoms with van der Waals surface area (Å²) in [5.41, 5.74) is 17.7. The molecule has 0 aliphatic heterocycles. The number of hydrogen-bond acceptors (Lipinski definition) is 6. The summed E-state index contributed by atoms with van der Waals surface area (Å²) in [7, 11) is 0. The lowest BCUT2D eigenvalue weighted by atomic mass is 10.0. The highest BCUT2D eigenvalue weighted by molar-refractivity contribution is 6.15. The first-order chi connectivity index (χ1) is 39.6. The van der Waals surface area contributed by atoms with E-state index < -0.39 is 0 Å². The van der Waals surface area contributed by atoms with Crippen LogP contribution in [0.5, 0.6) is 0 Å². The van der Waals surface area contributed by atoms with Gasteiger partial charge in [0.05, 0.1) is 0 Å². The molecule has 6 nitrogen and oxygen atoms in total. The number of rotatable bonds is 10. The van der Waals surface area contributed by atoms with E-state index >= 15 is 0 Å². The Bertz CT molecular complexity index is 4660. The van der Waals surface area contributed by atoms with Gasteiger partial charge in [-0.05, 0) is 166 Å². The molecular weight excluding hydrogens is 981 g/mol. The number of benzene rings is 12. The van der Waals surface area contributed by atoms with Gasteiger partial charge in [-0.2, -0.15) is 0 Å². The van der Waals surface area contributed by atoms with Gasteiger partial charge >= 0.3 is 0 Å². The molecule has 0 saturated heterocycles. The molecule has 0 aliphatic carbocycles. The molecule has 0 atom stereocenters. The third-order valence-corrected chi connectivity index (χ3v) is 15.6. The zero-order valence-corrected chi connectivity index (χ0v) is 43.1. The van der Waals surface area contributed by atoms with E-state index in [1.807, 2.05) is 24.3 Å². The zero-order valence-electron chi connectivity index (χ0n) is 43.1. The van der Waals surface area contributed by atoms with Gasteiger partial charge in [-0.1, -0.05) is 133 Å². The van der Waals surface area contributed by atoms with Crippen molar-refractivity contribution in [1.29, 1.82) is 0 Å². The van der Waals surface area contributed by atoms with Crippen molar-refractivity contribution in [3.8, 4) is 44.9 Å². The van der Waals surface area contributed by atoms with Crippen LogP contribution in [0.25, 0.3) is 121 Å². The quantitative estimate of drug-likeness (QED) is 0.136. The maximum Gasteiger partial charge on any atom is 0.136 e. The smallest absolute Gasteiger partial charge is 0.136 e. The molecule has 16 rings (SSSR count). The predicted octanol–water partition coefficient (Wildman–Crippen LogP) is 21.7. The number of furan rings is 4. The van der Waals surface area contributed by atoms with Crippen LogP contribution in [0.1, 0.15) is 0 Å². The molecule has 16 aromatic rings. The molecule has 0 fully saturated rings. The summed E-state index contributed by atoms with van der Waals surface area (Å²) < 4.78 is 26.6. The minimum atomic E-state index is 0.778. The zero-order chi connectivity index (χ0) is 52.7. The summed E-state index contributed by atoms with van der Waals surface area (Å²) in [6.07, 6.45) is 0. The van der Waals surface area contributed by atoms with Gasteiger partial charge in [0.2, 0.25) is 0 Å². The van der Waals surface area contributed by atoms with Crippen LogP contribution < -0.4 is 9.80 Å². The van der Waals surface area contributed by atoms with Gasteiger partial charge in [-0.3, -0.25) is 0 Å². The van der Waals surface area contributed by atoms with Crippen molar-refractivity contribution in [2.24, 2.45) is 0 Å².